The molecule has 0 spiro atoms. The van der Waals surface area contributed by atoms with Gasteiger partial charge in [0.05, 0.1) is 5.56 Å². The highest BCUT2D eigenvalue weighted by molar-refractivity contribution is 6.31. The third-order valence-corrected chi connectivity index (χ3v) is 2.73. The van der Waals surface area contributed by atoms with Crippen molar-refractivity contribution >= 4 is 17.6 Å². The van der Waals surface area contributed by atoms with Gasteiger partial charge >= 0.3 is 5.97 Å². The van der Waals surface area contributed by atoms with E-state index in [9.17, 15) is 4.79 Å². The fourth-order valence-corrected chi connectivity index (χ4v) is 1.76. The molecule has 0 atom stereocenters. The van der Waals surface area contributed by atoms with Crippen molar-refractivity contribution in [1.82, 2.24) is 4.98 Å². The molecule has 0 aliphatic heterocycles. The van der Waals surface area contributed by atoms with Crippen LogP contribution < -0.4 is 4.74 Å². The Morgan fingerprint density at radius 3 is 2.90 bits per heavy atom. The third-order valence-electron chi connectivity index (χ3n) is 2.49. The second kappa shape index (κ2) is 6.04. The number of benzene rings is 1. The predicted molar refractivity (Wildman–Crippen MR) is 71.7 cm³/mol. The molecule has 2 aromatic rings. The van der Waals surface area contributed by atoms with Crippen molar-refractivity contribution in [1.29, 1.82) is 5.26 Å². The maximum Gasteiger partial charge on any atom is 0.339 e. The fraction of sp³-hybridized carbons (Fsp3) is 0.0714. The van der Waals surface area contributed by atoms with E-state index in [0.717, 1.165) is 0 Å². The van der Waals surface area contributed by atoms with Crippen molar-refractivity contribution in [2.45, 2.75) is 6.61 Å². The number of carboxylic acids is 1. The number of halogens is 1. The summed E-state index contributed by atoms with van der Waals surface area (Å²) in [4.78, 5) is 15.0. The quantitative estimate of drug-likeness (QED) is 0.935. The minimum Gasteiger partial charge on any atom is -0.488 e. The zero-order valence-corrected chi connectivity index (χ0v) is 11.0. The monoisotopic (exact) mass is 288 g/mol. The first-order valence-electron chi connectivity index (χ1n) is 5.60. The number of hydrogen-bond acceptors (Lipinski definition) is 4. The van der Waals surface area contributed by atoms with Gasteiger partial charge < -0.3 is 9.84 Å². The molecule has 1 heterocycles. The first-order chi connectivity index (χ1) is 9.60. The topological polar surface area (TPSA) is 83.2 Å². The Balaban J connectivity index is 2.19. The lowest BCUT2D eigenvalue weighted by molar-refractivity contribution is 0.0691. The van der Waals surface area contributed by atoms with Gasteiger partial charge in [-0.25, -0.2) is 4.79 Å². The second-order valence-electron chi connectivity index (χ2n) is 3.93. The van der Waals surface area contributed by atoms with E-state index in [1.165, 1.54) is 18.3 Å². The maximum absolute atomic E-state index is 11.1. The summed E-state index contributed by atoms with van der Waals surface area (Å²) in [5.41, 5.74) is 1.08. The third kappa shape index (κ3) is 3.25. The van der Waals surface area contributed by atoms with E-state index in [1.807, 2.05) is 6.07 Å². The van der Waals surface area contributed by atoms with Crippen LogP contribution in [0, 0.1) is 11.3 Å². The lowest BCUT2D eigenvalue weighted by atomic mass is 10.2. The predicted octanol–water partition coefficient (Wildman–Crippen LogP) is 2.88. The van der Waals surface area contributed by atoms with Crippen LogP contribution in [0.25, 0.3) is 0 Å². The van der Waals surface area contributed by atoms with Crippen LogP contribution in [0.15, 0.2) is 36.7 Å². The molecule has 1 aromatic heterocycles. The number of rotatable bonds is 4. The summed E-state index contributed by atoms with van der Waals surface area (Å²) in [5.74, 6) is -0.907. The van der Waals surface area contributed by atoms with Crippen molar-refractivity contribution in [3.63, 3.8) is 0 Å². The highest BCUT2D eigenvalue weighted by atomic mass is 35.5. The van der Waals surface area contributed by atoms with Crippen molar-refractivity contribution in [3.8, 4) is 11.8 Å². The largest absolute Gasteiger partial charge is 0.488 e. The highest BCUT2D eigenvalue weighted by Gasteiger charge is 2.12. The molecular formula is C14H9ClN2O3. The number of aromatic nitrogens is 1. The van der Waals surface area contributed by atoms with Crippen LogP contribution in [-0.4, -0.2) is 16.1 Å². The lowest BCUT2D eigenvalue weighted by Gasteiger charge is -2.09. The van der Waals surface area contributed by atoms with Gasteiger partial charge in [-0.3, -0.25) is 4.98 Å². The summed E-state index contributed by atoms with van der Waals surface area (Å²) in [5, 5.41) is 18.2. The van der Waals surface area contributed by atoms with E-state index >= 15 is 0 Å². The Bertz CT molecular complexity index is 695. The Labute approximate surface area is 120 Å². The number of ether oxygens (including phenoxy) is 1. The molecule has 0 aliphatic rings. The van der Waals surface area contributed by atoms with Crippen LogP contribution in [-0.2, 0) is 6.61 Å². The number of aromatic carboxylic acids is 1. The molecule has 0 amide bonds. The average molecular weight is 289 g/mol. The summed E-state index contributed by atoms with van der Waals surface area (Å²) < 4.78 is 5.45. The maximum atomic E-state index is 11.1. The average Bonchev–Trinajstić information content (AvgIpc) is 2.46. The molecule has 1 N–H and O–H groups in total. The number of pyridine rings is 1. The van der Waals surface area contributed by atoms with Gasteiger partial charge in [-0.2, -0.15) is 5.26 Å². The summed E-state index contributed by atoms with van der Waals surface area (Å²) in [6.45, 7) is 0.116. The van der Waals surface area contributed by atoms with Crippen LogP contribution in [0.1, 0.15) is 21.5 Å². The number of nitrogens with zero attached hydrogens (tertiary/aromatic N) is 2. The standard InChI is InChI=1S/C14H9ClN2O3/c15-11-1-2-13(12(4-11)14(18)19)20-8-10-3-9(5-16)6-17-7-10/h1-4,6-7H,8H2,(H,18,19). The molecule has 0 saturated carbocycles. The molecule has 20 heavy (non-hydrogen) atoms. The smallest absolute Gasteiger partial charge is 0.339 e. The van der Waals surface area contributed by atoms with E-state index in [-0.39, 0.29) is 17.9 Å². The normalized spacial score (nSPS) is 9.80. The fourth-order valence-electron chi connectivity index (χ4n) is 1.58. The summed E-state index contributed by atoms with van der Waals surface area (Å²) in [6, 6.07) is 7.97. The van der Waals surface area contributed by atoms with Gasteiger partial charge in [0, 0.05) is 23.0 Å². The molecular weight excluding hydrogens is 280 g/mol. The summed E-state index contributed by atoms with van der Waals surface area (Å²) in [6.07, 6.45) is 2.99. The molecule has 1 aromatic carbocycles. The minimum absolute atomic E-state index is 0.0121. The molecule has 0 radical (unpaired) electrons. The Morgan fingerprint density at radius 2 is 2.20 bits per heavy atom. The van der Waals surface area contributed by atoms with Gasteiger partial charge in [0.1, 0.15) is 24.0 Å². The van der Waals surface area contributed by atoms with E-state index in [0.29, 0.717) is 16.1 Å². The second-order valence-corrected chi connectivity index (χ2v) is 4.36. The minimum atomic E-state index is -1.12. The molecule has 0 bridgehead atoms. The summed E-state index contributed by atoms with van der Waals surface area (Å²) >= 11 is 5.75. The van der Waals surface area contributed by atoms with Crippen molar-refractivity contribution in [2.24, 2.45) is 0 Å². The number of hydrogen-bond donors (Lipinski definition) is 1. The number of carbonyl (C=O) groups is 1. The molecule has 0 aliphatic carbocycles. The van der Waals surface area contributed by atoms with E-state index in [1.54, 1.807) is 18.3 Å². The zero-order valence-electron chi connectivity index (χ0n) is 10.2. The SMILES string of the molecule is N#Cc1cncc(COc2ccc(Cl)cc2C(=O)O)c1. The summed E-state index contributed by atoms with van der Waals surface area (Å²) in [7, 11) is 0. The van der Waals surface area contributed by atoms with E-state index in [4.69, 9.17) is 26.7 Å². The molecule has 0 unspecified atom stereocenters. The van der Waals surface area contributed by atoms with E-state index in [2.05, 4.69) is 4.98 Å². The van der Waals surface area contributed by atoms with Gasteiger partial charge in [-0.1, -0.05) is 11.6 Å². The molecule has 0 saturated heterocycles. The molecule has 0 fully saturated rings. The van der Waals surface area contributed by atoms with E-state index < -0.39 is 5.97 Å². The van der Waals surface area contributed by atoms with Gasteiger partial charge in [-0.15, -0.1) is 0 Å². The molecule has 100 valence electrons. The molecule has 5 nitrogen and oxygen atoms in total. The van der Waals surface area contributed by atoms with Crippen molar-refractivity contribution < 1.29 is 14.6 Å². The highest BCUT2D eigenvalue weighted by Crippen LogP contribution is 2.23. The Kier molecular flexibility index (Phi) is 4.18. The Hall–Kier alpha value is -2.58. The number of carboxylic acid groups (broad SMARTS) is 1. The lowest BCUT2D eigenvalue weighted by Crippen LogP contribution is -2.03. The van der Waals surface area contributed by atoms with Crippen molar-refractivity contribution in [2.75, 3.05) is 0 Å². The first-order valence-corrected chi connectivity index (χ1v) is 5.97. The van der Waals surface area contributed by atoms with Crippen LogP contribution in [0.3, 0.4) is 0 Å². The van der Waals surface area contributed by atoms with Crippen LogP contribution in [0.4, 0.5) is 0 Å². The van der Waals surface area contributed by atoms with Gasteiger partial charge in [0.25, 0.3) is 0 Å². The van der Waals surface area contributed by atoms with Gasteiger partial charge in [-0.05, 0) is 24.3 Å². The molecule has 2 rings (SSSR count). The first kappa shape index (κ1) is 13.8. The van der Waals surface area contributed by atoms with Gasteiger partial charge in [0.15, 0.2) is 0 Å². The van der Waals surface area contributed by atoms with Crippen molar-refractivity contribution in [3.05, 3.63) is 58.4 Å². The van der Waals surface area contributed by atoms with Crippen LogP contribution in [0.5, 0.6) is 5.75 Å². The Morgan fingerprint density at radius 1 is 1.40 bits per heavy atom. The van der Waals surface area contributed by atoms with Crippen LogP contribution >= 0.6 is 11.6 Å². The van der Waals surface area contributed by atoms with Crippen LogP contribution in [0.2, 0.25) is 5.02 Å². The number of nitriles is 1. The van der Waals surface area contributed by atoms with Gasteiger partial charge in [0.2, 0.25) is 0 Å². The zero-order chi connectivity index (χ0) is 14.5. The molecule has 6 heteroatoms.